The van der Waals surface area contributed by atoms with Crippen molar-refractivity contribution >= 4 is 38.1 Å². The number of rotatable bonds is 9. The van der Waals surface area contributed by atoms with Crippen molar-refractivity contribution in [3.63, 3.8) is 0 Å². The number of nitrogens with one attached hydrogen (secondary N) is 2. The fourth-order valence-corrected chi connectivity index (χ4v) is 7.59. The molecule has 1 saturated heterocycles. The lowest BCUT2D eigenvalue weighted by atomic mass is 10.1. The minimum atomic E-state index is -4.69. The molecule has 1 saturated carbocycles. The number of aromatic nitrogens is 3. The molecule has 1 amide bonds. The Kier molecular flexibility index (Phi) is 9.01. The number of hydrogen-bond acceptors (Lipinski definition) is 9. The topological polar surface area (TPSA) is 126 Å². The van der Waals surface area contributed by atoms with E-state index in [9.17, 15) is 22.0 Å². The van der Waals surface area contributed by atoms with Crippen molar-refractivity contribution in [1.82, 2.24) is 20.3 Å². The Morgan fingerprint density at radius 1 is 1.04 bits per heavy atom. The maximum atomic E-state index is 16.1. The van der Waals surface area contributed by atoms with E-state index in [0.717, 1.165) is 31.7 Å². The molecule has 1 aliphatic carbocycles. The smallest absolute Gasteiger partial charge is 0.265 e. The molecule has 2 aromatic heterocycles. The second-order valence-corrected chi connectivity index (χ2v) is 13.3. The Bertz CT molecular complexity index is 1830. The third kappa shape index (κ3) is 6.79. The fraction of sp³-hybridized carbons (Fsp3) is 0.333. The van der Waals surface area contributed by atoms with Crippen LogP contribution in [0.3, 0.4) is 0 Å². The molecule has 4 aromatic rings. The predicted octanol–water partition coefficient (Wildman–Crippen LogP) is 5.13. The van der Waals surface area contributed by atoms with E-state index in [4.69, 9.17) is 9.72 Å². The summed E-state index contributed by atoms with van der Waals surface area (Å²) < 4.78 is 77.6. The quantitative estimate of drug-likeness (QED) is 0.254. The second kappa shape index (κ2) is 13.1. The van der Waals surface area contributed by atoms with Gasteiger partial charge < -0.3 is 15.0 Å². The van der Waals surface area contributed by atoms with E-state index < -0.39 is 38.1 Å². The van der Waals surface area contributed by atoms with Gasteiger partial charge in [-0.2, -0.15) is 0 Å². The summed E-state index contributed by atoms with van der Waals surface area (Å²) in [4.78, 5) is 27.8. The lowest BCUT2D eigenvalue weighted by molar-refractivity contribution is -0.125. The largest absolute Gasteiger partial charge is 0.378 e. The molecule has 1 aliphatic heterocycles. The maximum Gasteiger partial charge on any atom is 0.265 e. The van der Waals surface area contributed by atoms with E-state index in [1.54, 1.807) is 12.3 Å². The molecule has 0 unspecified atom stereocenters. The van der Waals surface area contributed by atoms with Crippen molar-refractivity contribution < 1.29 is 31.1 Å². The number of halogens is 3. The van der Waals surface area contributed by atoms with Gasteiger partial charge in [0.05, 0.1) is 41.7 Å². The minimum absolute atomic E-state index is 0.0116. The van der Waals surface area contributed by atoms with Crippen LogP contribution in [0, 0.1) is 23.4 Å². The first-order chi connectivity index (χ1) is 21.7. The van der Waals surface area contributed by atoms with Crippen molar-refractivity contribution in [1.29, 1.82) is 0 Å². The zero-order valence-electron chi connectivity index (χ0n) is 23.9. The van der Waals surface area contributed by atoms with Crippen molar-refractivity contribution in [3.05, 3.63) is 71.9 Å². The van der Waals surface area contributed by atoms with Crippen molar-refractivity contribution in [2.24, 2.45) is 5.92 Å². The molecule has 45 heavy (non-hydrogen) atoms. The average Bonchev–Trinajstić information content (AvgIpc) is 3.74. The standard InChI is InChI=1S/C30H29F3N6O4S2/c31-19-8-9-21(32)24(16-19)45(41,42)38-22-7-3-6-20(26(22)33)27-28(44-30(37-27)39-12-14-43-15-13-39)23-10-11-34-25(36-23)17-35-29(40)18-4-1-2-5-18/h3,6-11,16,18,38H,1-2,4-5,12-15,17H2,(H,35,40). The molecule has 0 radical (unpaired) electrons. The van der Waals surface area contributed by atoms with Gasteiger partial charge in [0.1, 0.15) is 22.4 Å². The SMILES string of the molecule is O=C(NCc1nccc(-c2sc(N3CCOCC3)nc2-c2cccc(NS(=O)(=O)c3cc(F)ccc3F)c2F)n1)C1CCCC1. The van der Waals surface area contributed by atoms with Gasteiger partial charge in [0, 0.05) is 30.8 Å². The molecular formula is C30H29F3N6O4S2. The van der Waals surface area contributed by atoms with Gasteiger partial charge in [-0.15, -0.1) is 0 Å². The number of benzene rings is 2. The second-order valence-electron chi connectivity index (χ2n) is 10.7. The van der Waals surface area contributed by atoms with Gasteiger partial charge >= 0.3 is 0 Å². The summed E-state index contributed by atoms with van der Waals surface area (Å²) >= 11 is 1.28. The molecule has 6 rings (SSSR count). The number of morpholine rings is 1. The zero-order chi connectivity index (χ0) is 31.6. The van der Waals surface area contributed by atoms with Crippen LogP contribution in [0.5, 0.6) is 0 Å². The van der Waals surface area contributed by atoms with Gasteiger partial charge in [-0.1, -0.05) is 30.2 Å². The highest BCUT2D eigenvalue weighted by atomic mass is 32.2. The van der Waals surface area contributed by atoms with E-state index >= 15 is 4.39 Å². The number of hydrogen-bond donors (Lipinski definition) is 2. The molecule has 15 heteroatoms. The van der Waals surface area contributed by atoms with Crippen molar-refractivity contribution in [3.8, 4) is 21.8 Å². The molecule has 2 aromatic carbocycles. The Balaban J connectivity index is 1.35. The zero-order valence-corrected chi connectivity index (χ0v) is 25.6. The Labute approximate surface area is 261 Å². The van der Waals surface area contributed by atoms with Crippen LogP contribution in [0.2, 0.25) is 0 Å². The molecule has 2 aliphatic rings. The lowest BCUT2D eigenvalue weighted by Crippen LogP contribution is -2.36. The van der Waals surface area contributed by atoms with Gasteiger partial charge in [0.15, 0.2) is 10.9 Å². The number of ether oxygens (including phenoxy) is 1. The summed E-state index contributed by atoms with van der Waals surface area (Å²) in [6.45, 7) is 2.23. The first-order valence-corrected chi connectivity index (χ1v) is 16.7. The van der Waals surface area contributed by atoms with Crippen LogP contribution in [-0.4, -0.2) is 55.6 Å². The van der Waals surface area contributed by atoms with Crippen LogP contribution < -0.4 is 14.9 Å². The maximum absolute atomic E-state index is 16.1. The molecule has 0 spiro atoms. The van der Waals surface area contributed by atoms with Crippen LogP contribution >= 0.6 is 11.3 Å². The summed E-state index contributed by atoms with van der Waals surface area (Å²) in [6.07, 6.45) is 5.33. The lowest BCUT2D eigenvalue weighted by Gasteiger charge is -2.26. The number of carbonyl (C=O) groups is 1. The highest BCUT2D eigenvalue weighted by Crippen LogP contribution is 2.42. The monoisotopic (exact) mass is 658 g/mol. The van der Waals surface area contributed by atoms with Crippen LogP contribution in [0.25, 0.3) is 21.8 Å². The first kappa shape index (κ1) is 30.9. The highest BCUT2D eigenvalue weighted by Gasteiger charge is 2.27. The van der Waals surface area contributed by atoms with Crippen LogP contribution in [0.4, 0.5) is 24.0 Å². The number of nitrogens with zero attached hydrogens (tertiary/aromatic N) is 4. The van der Waals surface area contributed by atoms with Crippen molar-refractivity contribution in [2.75, 3.05) is 35.9 Å². The molecule has 2 fully saturated rings. The normalized spacial score (nSPS) is 15.8. The van der Waals surface area contributed by atoms with Gasteiger partial charge in [-0.3, -0.25) is 9.52 Å². The molecule has 10 nitrogen and oxygen atoms in total. The summed E-state index contributed by atoms with van der Waals surface area (Å²) in [5.41, 5.74) is 0.141. The number of sulfonamides is 1. The van der Waals surface area contributed by atoms with Gasteiger partial charge in [0.2, 0.25) is 5.91 Å². The van der Waals surface area contributed by atoms with Gasteiger partial charge in [0.25, 0.3) is 10.0 Å². The molecule has 0 bridgehead atoms. The third-order valence-corrected chi connectivity index (χ3v) is 10.2. The van der Waals surface area contributed by atoms with Crippen LogP contribution in [0.15, 0.2) is 53.6 Å². The van der Waals surface area contributed by atoms with Crippen LogP contribution in [-0.2, 0) is 26.1 Å². The fourth-order valence-electron chi connectivity index (χ4n) is 5.34. The highest BCUT2D eigenvalue weighted by molar-refractivity contribution is 7.92. The number of anilines is 2. The Morgan fingerprint density at radius 3 is 2.60 bits per heavy atom. The Hall–Kier alpha value is -4.08. The van der Waals surface area contributed by atoms with Gasteiger partial charge in [-0.25, -0.2) is 36.5 Å². The van der Waals surface area contributed by atoms with Crippen LogP contribution in [0.1, 0.15) is 31.5 Å². The number of thiazole rings is 1. The predicted molar refractivity (Wildman–Crippen MR) is 163 cm³/mol. The molecule has 2 N–H and O–H groups in total. The molecular weight excluding hydrogens is 629 g/mol. The van der Waals surface area contributed by atoms with E-state index in [1.807, 2.05) is 9.62 Å². The van der Waals surface area contributed by atoms with E-state index in [2.05, 4.69) is 15.3 Å². The summed E-state index contributed by atoms with van der Waals surface area (Å²) in [5, 5.41) is 3.50. The van der Waals surface area contributed by atoms with E-state index in [0.29, 0.717) is 60.0 Å². The summed E-state index contributed by atoms with van der Waals surface area (Å²) in [6, 6.07) is 7.70. The summed E-state index contributed by atoms with van der Waals surface area (Å²) in [7, 11) is -4.69. The Morgan fingerprint density at radius 2 is 1.82 bits per heavy atom. The van der Waals surface area contributed by atoms with E-state index in [-0.39, 0.29) is 29.6 Å². The number of carbonyl (C=O) groups excluding carboxylic acids is 1. The molecule has 3 heterocycles. The average molecular weight is 659 g/mol. The third-order valence-electron chi connectivity index (χ3n) is 7.66. The molecule has 236 valence electrons. The van der Waals surface area contributed by atoms with E-state index in [1.165, 1.54) is 29.5 Å². The molecule has 0 atom stereocenters. The van der Waals surface area contributed by atoms with Gasteiger partial charge in [-0.05, 0) is 49.2 Å². The minimum Gasteiger partial charge on any atom is -0.378 e. The first-order valence-electron chi connectivity index (χ1n) is 14.4. The summed E-state index contributed by atoms with van der Waals surface area (Å²) in [5.74, 6) is -2.79. The van der Waals surface area contributed by atoms with Crippen molar-refractivity contribution in [2.45, 2.75) is 37.1 Å². The number of amides is 1.